The Morgan fingerprint density at radius 2 is 1.48 bits per heavy atom. The van der Waals surface area contributed by atoms with Gasteiger partial charge >= 0.3 is 0 Å². The minimum atomic E-state index is -0.887. The smallest absolute Gasteiger partial charge is 0.224 e. The molecule has 5 aromatic carbocycles. The van der Waals surface area contributed by atoms with Gasteiger partial charge < -0.3 is 41.0 Å². The highest BCUT2D eigenvalue weighted by Crippen LogP contribution is 2.40. The van der Waals surface area contributed by atoms with Crippen molar-refractivity contribution < 1.29 is 29.3 Å². The van der Waals surface area contributed by atoms with Crippen LogP contribution < -0.4 is 16.4 Å². The second-order valence-electron chi connectivity index (χ2n) is 15.2. The highest BCUT2D eigenvalue weighted by atomic mass is 35.5. The molecule has 0 spiro atoms. The van der Waals surface area contributed by atoms with Crippen LogP contribution in [0.15, 0.2) is 121 Å². The topological polar surface area (TPSA) is 146 Å². The summed E-state index contributed by atoms with van der Waals surface area (Å²) in [5.41, 5.74) is 12.7. The molecule has 2 heterocycles. The fourth-order valence-corrected chi connectivity index (χ4v) is 7.89. The number of nitrogens with two attached hydrogens (primary N) is 1. The third-order valence-corrected chi connectivity index (χ3v) is 11.4. The van der Waals surface area contributed by atoms with Gasteiger partial charge in [0.2, 0.25) is 11.8 Å². The summed E-state index contributed by atoms with van der Waals surface area (Å²) in [4.78, 5) is 27.5. The van der Waals surface area contributed by atoms with E-state index in [1.807, 2.05) is 84.9 Å². The third kappa shape index (κ3) is 10.5. The number of para-hydroxylation sites is 2. The maximum absolute atomic E-state index is 12.8. The Hall–Kier alpha value is -5.07. The summed E-state index contributed by atoms with van der Waals surface area (Å²) < 4.78 is 13.3. The highest BCUT2D eigenvalue weighted by Gasteiger charge is 2.37. The lowest BCUT2D eigenvalue weighted by atomic mass is 9.84. The van der Waals surface area contributed by atoms with Crippen molar-refractivity contribution in [2.75, 3.05) is 30.7 Å². The molecular weight excluding hydrogens is 752 g/mol. The number of nitrogen functional groups attached to an aromatic ring is 1. The van der Waals surface area contributed by atoms with Gasteiger partial charge in [0.25, 0.3) is 0 Å². The van der Waals surface area contributed by atoms with Gasteiger partial charge in [-0.25, -0.2) is 0 Å². The number of nitrogens with one attached hydrogen (secondary N) is 2. The average Bonchev–Trinajstić information content (AvgIpc) is 3.25. The molecular formula is C47H51ClN4O6. The van der Waals surface area contributed by atoms with Gasteiger partial charge in [0.1, 0.15) is 0 Å². The summed E-state index contributed by atoms with van der Waals surface area (Å²) >= 11 is 6.11. The molecule has 0 aliphatic carbocycles. The second kappa shape index (κ2) is 19.1. The number of anilines is 2. The van der Waals surface area contributed by atoms with Gasteiger partial charge in [-0.05, 0) is 76.9 Å². The summed E-state index contributed by atoms with van der Waals surface area (Å²) in [6.07, 6.45) is 1.82. The largest absolute Gasteiger partial charge is 0.397 e. The maximum atomic E-state index is 12.8. The molecule has 58 heavy (non-hydrogen) atoms. The van der Waals surface area contributed by atoms with E-state index in [1.54, 1.807) is 24.3 Å². The number of aliphatic hydroxyl groups excluding tert-OH is 1. The van der Waals surface area contributed by atoms with Crippen molar-refractivity contribution in [3.05, 3.63) is 154 Å². The number of benzene rings is 5. The van der Waals surface area contributed by atoms with Crippen LogP contribution in [0.4, 0.5) is 11.4 Å². The van der Waals surface area contributed by atoms with Gasteiger partial charge in [-0.2, -0.15) is 0 Å². The molecule has 2 aliphatic heterocycles. The van der Waals surface area contributed by atoms with Crippen LogP contribution in [-0.2, 0) is 37.8 Å². The lowest BCUT2D eigenvalue weighted by Crippen LogP contribution is -2.46. The number of rotatable bonds is 14. The number of carbonyl (C=O) groups excluding carboxylic acids is 2. The summed E-state index contributed by atoms with van der Waals surface area (Å²) in [5.74, 6) is -0.307. The van der Waals surface area contributed by atoms with E-state index in [0.29, 0.717) is 55.2 Å². The first-order valence-electron chi connectivity index (χ1n) is 20.0. The number of nitrogens with zero attached hydrogens (tertiary/aromatic N) is 1. The van der Waals surface area contributed by atoms with E-state index < -0.39 is 11.9 Å². The van der Waals surface area contributed by atoms with Gasteiger partial charge in [-0.3, -0.25) is 9.59 Å². The first-order valence-corrected chi connectivity index (χ1v) is 20.3. The monoisotopic (exact) mass is 802 g/mol. The number of piperidine rings is 1. The van der Waals surface area contributed by atoms with E-state index in [4.69, 9.17) is 26.8 Å². The van der Waals surface area contributed by atoms with Crippen molar-refractivity contribution in [2.45, 2.75) is 75.8 Å². The van der Waals surface area contributed by atoms with E-state index in [2.05, 4.69) is 27.7 Å². The van der Waals surface area contributed by atoms with Gasteiger partial charge in [-0.15, -0.1) is 0 Å². The van der Waals surface area contributed by atoms with Crippen LogP contribution in [0.5, 0.6) is 0 Å². The van der Waals surface area contributed by atoms with E-state index in [0.717, 1.165) is 52.0 Å². The van der Waals surface area contributed by atoms with Crippen LogP contribution in [0.1, 0.15) is 78.7 Å². The first kappa shape index (κ1) is 41.1. The zero-order valence-electron chi connectivity index (χ0n) is 32.5. The number of likely N-dealkylation sites (tertiary alicyclic amines) is 1. The Morgan fingerprint density at radius 3 is 2.21 bits per heavy atom. The predicted molar refractivity (Wildman–Crippen MR) is 227 cm³/mol. The number of hydrogen-bond donors (Lipinski definition) is 5. The lowest BCUT2D eigenvalue weighted by molar-refractivity contribution is -0.253. The van der Waals surface area contributed by atoms with Crippen molar-refractivity contribution >= 4 is 34.8 Å². The van der Waals surface area contributed by atoms with Crippen LogP contribution in [0.3, 0.4) is 0 Å². The molecule has 2 saturated heterocycles. The Kier molecular flexibility index (Phi) is 13.6. The number of amides is 2. The van der Waals surface area contributed by atoms with Crippen molar-refractivity contribution in [2.24, 2.45) is 0 Å². The van der Waals surface area contributed by atoms with Crippen LogP contribution in [0.2, 0.25) is 5.02 Å². The van der Waals surface area contributed by atoms with Gasteiger partial charge in [-0.1, -0.05) is 109 Å². The normalized spacial score (nSPS) is 19.3. The number of ether oxygens (including phenoxy) is 2. The molecule has 7 rings (SSSR count). The first-order chi connectivity index (χ1) is 28.2. The molecule has 2 fully saturated rings. The Morgan fingerprint density at radius 1 is 0.810 bits per heavy atom. The molecule has 2 aliphatic rings. The molecule has 10 nitrogen and oxygen atoms in total. The third-order valence-electron chi connectivity index (χ3n) is 11.2. The number of carbonyl (C=O) groups is 2. The molecule has 11 heteroatoms. The molecule has 0 aromatic heterocycles. The van der Waals surface area contributed by atoms with Gasteiger partial charge in [0, 0.05) is 56.0 Å². The van der Waals surface area contributed by atoms with E-state index in [-0.39, 0.29) is 43.5 Å². The summed E-state index contributed by atoms with van der Waals surface area (Å²) in [6, 6.07) is 38.6. The average molecular weight is 803 g/mol. The number of aliphatic hydroxyl groups is 2. The van der Waals surface area contributed by atoms with E-state index in [1.165, 1.54) is 0 Å². The van der Waals surface area contributed by atoms with Crippen molar-refractivity contribution in [3.8, 4) is 11.1 Å². The molecule has 0 bridgehead atoms. The second-order valence-corrected chi connectivity index (χ2v) is 15.7. The predicted octanol–water partition coefficient (Wildman–Crippen LogP) is 8.04. The standard InChI is InChI=1S/C47H51ClN4O6/c48-38-22-20-37(21-23-38)47(56)24-26-52(27-25-47)30-39-28-43(34-14-12-32(31-53)13-15-34)58-46(57-39)35-18-16-33(17-19-35)40-7-2-1-6-36(40)29-50-44(54)10-5-11-45(55)51-42-9-4-3-8-41(42)49/h1-4,6-9,12-23,39,43,46,53,56H,5,10-11,24-31,49H2,(H,50,54)(H,51,55)/t39-,43+,46+/m0/s1. The van der Waals surface area contributed by atoms with Crippen LogP contribution in [0, 0.1) is 0 Å². The maximum Gasteiger partial charge on any atom is 0.224 e. The van der Waals surface area contributed by atoms with E-state index >= 15 is 0 Å². The van der Waals surface area contributed by atoms with Crippen LogP contribution >= 0.6 is 11.6 Å². The minimum Gasteiger partial charge on any atom is -0.397 e. The number of halogens is 1. The fraction of sp³-hybridized carbons (Fsp3) is 0.319. The zero-order chi connectivity index (χ0) is 40.5. The Bertz CT molecular complexity index is 2140. The van der Waals surface area contributed by atoms with Crippen molar-refractivity contribution in [1.29, 1.82) is 0 Å². The van der Waals surface area contributed by atoms with Crippen LogP contribution in [-0.4, -0.2) is 52.7 Å². The molecule has 0 radical (unpaired) electrons. The molecule has 5 aromatic rings. The number of hydrogen-bond acceptors (Lipinski definition) is 8. The molecule has 0 saturated carbocycles. The molecule has 302 valence electrons. The molecule has 0 unspecified atom stereocenters. The van der Waals surface area contributed by atoms with Crippen molar-refractivity contribution in [1.82, 2.24) is 10.2 Å². The minimum absolute atomic E-state index is 0.0223. The highest BCUT2D eigenvalue weighted by molar-refractivity contribution is 6.30. The van der Waals surface area contributed by atoms with Gasteiger partial charge in [0.05, 0.1) is 35.8 Å². The van der Waals surface area contributed by atoms with E-state index in [9.17, 15) is 19.8 Å². The molecule has 6 N–H and O–H groups in total. The molecule has 2 amide bonds. The SMILES string of the molecule is Nc1ccccc1NC(=O)CCCC(=O)NCc1ccccc1-c1ccc([C@@H]2O[C@H](CN3CCC(O)(c4ccc(Cl)cc4)CC3)C[C@H](c3ccc(CO)cc3)O2)cc1. The zero-order valence-corrected chi connectivity index (χ0v) is 33.2. The van der Waals surface area contributed by atoms with Crippen molar-refractivity contribution in [3.63, 3.8) is 0 Å². The fourth-order valence-electron chi connectivity index (χ4n) is 7.77. The Balaban J connectivity index is 0.974. The molecule has 3 atom stereocenters. The lowest BCUT2D eigenvalue weighted by Gasteiger charge is -2.42. The summed E-state index contributed by atoms with van der Waals surface area (Å²) in [7, 11) is 0. The summed E-state index contributed by atoms with van der Waals surface area (Å²) in [5, 5.41) is 27.6. The summed E-state index contributed by atoms with van der Waals surface area (Å²) in [6.45, 7) is 2.50. The van der Waals surface area contributed by atoms with Crippen LogP contribution in [0.25, 0.3) is 11.1 Å². The van der Waals surface area contributed by atoms with Gasteiger partial charge in [0.15, 0.2) is 6.29 Å². The Labute approximate surface area is 344 Å². The quantitative estimate of drug-likeness (QED) is 0.0710.